The Kier molecular flexibility index (Phi) is 5.08. The van der Waals surface area contributed by atoms with Gasteiger partial charge in [-0.25, -0.2) is 0 Å². The number of nitrogens with one attached hydrogen (secondary N) is 1. The molecular formula is C18H19NO3S. The number of fused-ring (bicyclic) bond motifs is 1. The predicted octanol–water partition coefficient (Wildman–Crippen LogP) is 2.06. The standard InChI is InChI=1S/C18H19NO3S/c20-18(17-12-15-8-4-5-9-16(15)22-17)19-10-11-23(21)13-14-6-2-1-3-7-14/h1-9,17H,10-13H2,(H,19,20). The highest BCUT2D eigenvalue weighted by Crippen LogP contribution is 2.27. The molecule has 0 aromatic heterocycles. The zero-order valence-electron chi connectivity index (χ0n) is 12.7. The molecule has 0 radical (unpaired) electrons. The van der Waals surface area contributed by atoms with Crippen molar-refractivity contribution in [1.82, 2.24) is 5.32 Å². The molecule has 2 aromatic rings. The summed E-state index contributed by atoms with van der Waals surface area (Å²) in [5.41, 5.74) is 2.10. The van der Waals surface area contributed by atoms with Gasteiger partial charge in [0.2, 0.25) is 0 Å². The van der Waals surface area contributed by atoms with Crippen molar-refractivity contribution >= 4 is 16.7 Å². The van der Waals surface area contributed by atoms with Gasteiger partial charge in [0.25, 0.3) is 5.91 Å². The SMILES string of the molecule is O=C(NCCS(=O)Cc1ccccc1)C1Cc2ccccc2O1. The molecule has 4 nitrogen and oxygen atoms in total. The predicted molar refractivity (Wildman–Crippen MR) is 90.7 cm³/mol. The molecule has 2 unspecified atom stereocenters. The second kappa shape index (κ2) is 7.42. The van der Waals surface area contributed by atoms with Crippen molar-refractivity contribution in [3.8, 4) is 5.75 Å². The van der Waals surface area contributed by atoms with E-state index in [-0.39, 0.29) is 5.91 Å². The maximum atomic E-state index is 12.1. The largest absolute Gasteiger partial charge is 0.480 e. The first kappa shape index (κ1) is 15.7. The van der Waals surface area contributed by atoms with Gasteiger partial charge >= 0.3 is 0 Å². The number of ether oxygens (including phenoxy) is 1. The lowest BCUT2D eigenvalue weighted by Crippen LogP contribution is -2.39. The molecule has 5 heteroatoms. The topological polar surface area (TPSA) is 55.4 Å². The smallest absolute Gasteiger partial charge is 0.261 e. The molecule has 1 heterocycles. The van der Waals surface area contributed by atoms with E-state index in [9.17, 15) is 9.00 Å². The van der Waals surface area contributed by atoms with Crippen LogP contribution in [0.25, 0.3) is 0 Å². The fraction of sp³-hybridized carbons (Fsp3) is 0.278. The summed E-state index contributed by atoms with van der Waals surface area (Å²) in [5.74, 6) is 1.60. The van der Waals surface area contributed by atoms with Crippen LogP contribution in [0.2, 0.25) is 0 Å². The average molecular weight is 329 g/mol. The zero-order valence-corrected chi connectivity index (χ0v) is 13.6. The van der Waals surface area contributed by atoms with Gasteiger partial charge in [-0.3, -0.25) is 9.00 Å². The van der Waals surface area contributed by atoms with Crippen molar-refractivity contribution in [3.63, 3.8) is 0 Å². The Balaban J connectivity index is 1.41. The van der Waals surface area contributed by atoms with Crippen LogP contribution < -0.4 is 10.1 Å². The summed E-state index contributed by atoms with van der Waals surface area (Å²) in [6.45, 7) is 0.397. The summed E-state index contributed by atoms with van der Waals surface area (Å²) in [6, 6.07) is 17.4. The minimum Gasteiger partial charge on any atom is -0.480 e. The van der Waals surface area contributed by atoms with E-state index in [4.69, 9.17) is 4.74 Å². The first-order chi connectivity index (χ1) is 11.2. The van der Waals surface area contributed by atoms with E-state index in [1.54, 1.807) is 0 Å². The van der Waals surface area contributed by atoms with E-state index >= 15 is 0 Å². The van der Waals surface area contributed by atoms with Crippen LogP contribution in [0.1, 0.15) is 11.1 Å². The molecule has 1 N–H and O–H groups in total. The highest BCUT2D eigenvalue weighted by atomic mass is 32.2. The minimum absolute atomic E-state index is 0.141. The number of hydrogen-bond acceptors (Lipinski definition) is 3. The minimum atomic E-state index is -0.984. The fourth-order valence-corrected chi connectivity index (χ4v) is 3.60. The monoisotopic (exact) mass is 329 g/mol. The normalized spacial score (nSPS) is 17.1. The molecule has 0 saturated carbocycles. The summed E-state index contributed by atoms with van der Waals surface area (Å²) in [7, 11) is -0.984. The third-order valence-corrected chi connectivity index (χ3v) is 5.05. The zero-order chi connectivity index (χ0) is 16.1. The molecule has 1 amide bonds. The second-order valence-corrected chi connectivity index (χ2v) is 7.06. The van der Waals surface area contributed by atoms with Crippen LogP contribution in [0, 0.1) is 0 Å². The summed E-state index contributed by atoms with van der Waals surface area (Å²) in [4.78, 5) is 12.1. The van der Waals surface area contributed by atoms with Gasteiger partial charge in [0, 0.05) is 35.3 Å². The number of hydrogen-bond donors (Lipinski definition) is 1. The first-order valence-electron chi connectivity index (χ1n) is 7.63. The summed E-state index contributed by atoms with van der Waals surface area (Å²) >= 11 is 0. The van der Waals surface area contributed by atoms with Crippen molar-refractivity contribution in [2.75, 3.05) is 12.3 Å². The molecule has 1 aliphatic heterocycles. The Morgan fingerprint density at radius 1 is 1.13 bits per heavy atom. The summed E-state index contributed by atoms with van der Waals surface area (Å²) < 4.78 is 17.7. The molecule has 2 atom stereocenters. The number of amides is 1. The van der Waals surface area contributed by atoms with Crippen LogP contribution in [0.15, 0.2) is 54.6 Å². The van der Waals surface area contributed by atoms with E-state index < -0.39 is 16.9 Å². The molecule has 1 aliphatic rings. The van der Waals surface area contributed by atoms with Crippen molar-refractivity contribution in [1.29, 1.82) is 0 Å². The maximum Gasteiger partial charge on any atom is 0.261 e. The Morgan fingerprint density at radius 2 is 1.87 bits per heavy atom. The van der Waals surface area contributed by atoms with Gasteiger partial charge in [-0.1, -0.05) is 48.5 Å². The van der Waals surface area contributed by atoms with Crippen LogP contribution in [0.3, 0.4) is 0 Å². The van der Waals surface area contributed by atoms with Gasteiger partial charge in [0.05, 0.1) is 0 Å². The highest BCUT2D eigenvalue weighted by molar-refractivity contribution is 7.84. The van der Waals surface area contributed by atoms with E-state index in [1.807, 2.05) is 54.6 Å². The van der Waals surface area contributed by atoms with Crippen LogP contribution in [-0.4, -0.2) is 28.5 Å². The molecule has 0 saturated heterocycles. The first-order valence-corrected chi connectivity index (χ1v) is 9.12. The number of benzene rings is 2. The van der Waals surface area contributed by atoms with Crippen molar-refractivity contribution < 1.29 is 13.7 Å². The Labute approximate surface area is 138 Å². The van der Waals surface area contributed by atoms with Gasteiger partial charge in [-0.05, 0) is 17.2 Å². The molecule has 3 rings (SSSR count). The summed E-state index contributed by atoms with van der Waals surface area (Å²) in [6.07, 6.45) is 0.115. The fourth-order valence-electron chi connectivity index (χ4n) is 2.56. The quantitative estimate of drug-likeness (QED) is 0.882. The van der Waals surface area contributed by atoms with Crippen molar-refractivity contribution in [3.05, 3.63) is 65.7 Å². The van der Waals surface area contributed by atoms with E-state index in [0.717, 1.165) is 16.9 Å². The van der Waals surface area contributed by atoms with E-state index in [2.05, 4.69) is 5.32 Å². The second-order valence-electron chi connectivity index (χ2n) is 5.48. The van der Waals surface area contributed by atoms with Gasteiger partial charge < -0.3 is 10.1 Å². The van der Waals surface area contributed by atoms with Crippen molar-refractivity contribution in [2.45, 2.75) is 18.3 Å². The Bertz CT molecular complexity index is 677. The van der Waals surface area contributed by atoms with E-state index in [0.29, 0.717) is 24.5 Å². The molecular weight excluding hydrogens is 310 g/mol. The highest BCUT2D eigenvalue weighted by Gasteiger charge is 2.28. The van der Waals surface area contributed by atoms with Gasteiger partial charge in [0.1, 0.15) is 5.75 Å². The third-order valence-electron chi connectivity index (χ3n) is 3.74. The third kappa shape index (κ3) is 4.20. The lowest BCUT2D eigenvalue weighted by Gasteiger charge is -2.11. The van der Waals surface area contributed by atoms with Crippen LogP contribution >= 0.6 is 0 Å². The molecule has 120 valence electrons. The summed E-state index contributed by atoms with van der Waals surface area (Å²) in [5, 5.41) is 2.82. The Hall–Kier alpha value is -2.14. The number of carbonyl (C=O) groups is 1. The van der Waals surface area contributed by atoms with Crippen LogP contribution in [-0.2, 0) is 27.8 Å². The van der Waals surface area contributed by atoms with Crippen LogP contribution in [0.5, 0.6) is 5.75 Å². The molecule has 23 heavy (non-hydrogen) atoms. The molecule has 0 spiro atoms. The lowest BCUT2D eigenvalue weighted by molar-refractivity contribution is -0.127. The number of carbonyl (C=O) groups excluding carboxylic acids is 1. The van der Waals surface area contributed by atoms with E-state index in [1.165, 1.54) is 0 Å². The van der Waals surface area contributed by atoms with Crippen molar-refractivity contribution in [2.24, 2.45) is 0 Å². The number of para-hydroxylation sites is 1. The van der Waals surface area contributed by atoms with Gasteiger partial charge in [-0.15, -0.1) is 0 Å². The average Bonchev–Trinajstić information content (AvgIpc) is 3.00. The molecule has 0 fully saturated rings. The molecule has 0 bridgehead atoms. The Morgan fingerprint density at radius 3 is 2.65 bits per heavy atom. The van der Waals surface area contributed by atoms with Gasteiger partial charge in [0.15, 0.2) is 6.10 Å². The molecule has 0 aliphatic carbocycles. The van der Waals surface area contributed by atoms with Crippen LogP contribution in [0.4, 0.5) is 0 Å². The van der Waals surface area contributed by atoms with Gasteiger partial charge in [-0.2, -0.15) is 0 Å². The lowest BCUT2D eigenvalue weighted by atomic mass is 10.1. The maximum absolute atomic E-state index is 12.1. The number of rotatable bonds is 6. The molecule has 2 aromatic carbocycles.